The van der Waals surface area contributed by atoms with Gasteiger partial charge in [-0.3, -0.25) is 9.59 Å². The highest BCUT2D eigenvalue weighted by molar-refractivity contribution is 6.05. The lowest BCUT2D eigenvalue weighted by molar-refractivity contribution is 0.0879. The Morgan fingerprint density at radius 1 is 1.36 bits per heavy atom. The highest BCUT2D eigenvalue weighted by atomic mass is 35.5. The summed E-state index contributed by atoms with van der Waals surface area (Å²) in [5, 5.41) is 10.1. The van der Waals surface area contributed by atoms with E-state index in [4.69, 9.17) is 5.73 Å². The normalized spacial score (nSPS) is 13.5. The summed E-state index contributed by atoms with van der Waals surface area (Å²) in [5.74, 6) is -0.176. The van der Waals surface area contributed by atoms with Gasteiger partial charge in [-0.05, 0) is 18.9 Å². The minimum Gasteiger partial charge on any atom is -0.344 e. The topological polar surface area (TPSA) is 101 Å². The van der Waals surface area contributed by atoms with E-state index in [1.165, 1.54) is 0 Å². The Labute approximate surface area is 134 Å². The fraction of sp³-hybridized carbons (Fsp3) is 0.400. The zero-order valence-corrected chi connectivity index (χ0v) is 13.7. The van der Waals surface area contributed by atoms with E-state index < -0.39 is 5.54 Å². The van der Waals surface area contributed by atoms with Crippen LogP contribution in [-0.2, 0) is 0 Å². The molecule has 120 valence electrons. The van der Waals surface area contributed by atoms with Crippen molar-refractivity contribution in [3.63, 3.8) is 0 Å². The number of nitrogens with one attached hydrogen (secondary N) is 2. The molecule has 1 amide bonds. The predicted molar refractivity (Wildman–Crippen MR) is 89.4 cm³/mol. The first-order valence-electron chi connectivity index (χ1n) is 6.89. The minimum absolute atomic E-state index is 0. The summed E-state index contributed by atoms with van der Waals surface area (Å²) < 4.78 is 0. The van der Waals surface area contributed by atoms with Gasteiger partial charge in [0.25, 0.3) is 11.5 Å². The van der Waals surface area contributed by atoms with Crippen LogP contribution < -0.4 is 16.6 Å². The lowest BCUT2D eigenvalue weighted by atomic mass is 9.88. The molecule has 6 nitrogen and oxygen atoms in total. The Hall–Kier alpha value is -1.92. The molecule has 0 saturated carbocycles. The van der Waals surface area contributed by atoms with Gasteiger partial charge in [0.1, 0.15) is 0 Å². The molecular formula is C15H21ClN4O2. The molecule has 0 bridgehead atoms. The van der Waals surface area contributed by atoms with Crippen molar-refractivity contribution in [2.24, 2.45) is 11.7 Å². The maximum atomic E-state index is 12.5. The number of benzene rings is 1. The molecule has 0 saturated heterocycles. The van der Waals surface area contributed by atoms with Gasteiger partial charge in [-0.2, -0.15) is 5.10 Å². The number of aromatic nitrogens is 2. The van der Waals surface area contributed by atoms with Gasteiger partial charge in [0.2, 0.25) is 0 Å². The summed E-state index contributed by atoms with van der Waals surface area (Å²) >= 11 is 0. The molecule has 1 unspecified atom stereocenters. The van der Waals surface area contributed by atoms with Crippen molar-refractivity contribution in [3.05, 3.63) is 40.3 Å². The molecule has 1 aromatic carbocycles. The zero-order valence-electron chi connectivity index (χ0n) is 12.8. The second-order valence-corrected chi connectivity index (χ2v) is 5.68. The summed E-state index contributed by atoms with van der Waals surface area (Å²) in [7, 11) is 0. The number of fused-ring (bicyclic) bond motifs is 1. The van der Waals surface area contributed by atoms with Crippen LogP contribution in [0.4, 0.5) is 0 Å². The summed E-state index contributed by atoms with van der Waals surface area (Å²) in [4.78, 5) is 24.2. The second-order valence-electron chi connectivity index (χ2n) is 5.68. The number of carbonyl (C=O) groups excluding carboxylic acids is 1. The van der Waals surface area contributed by atoms with Crippen molar-refractivity contribution in [2.45, 2.75) is 26.3 Å². The van der Waals surface area contributed by atoms with Crippen LogP contribution in [0.5, 0.6) is 0 Å². The summed E-state index contributed by atoms with van der Waals surface area (Å²) in [6.07, 6.45) is 0. The van der Waals surface area contributed by atoms with Crippen LogP contribution in [-0.4, -0.2) is 28.2 Å². The van der Waals surface area contributed by atoms with Crippen molar-refractivity contribution < 1.29 is 4.79 Å². The largest absolute Gasteiger partial charge is 0.344 e. The average Bonchev–Trinajstić information content (AvgIpc) is 2.47. The third kappa shape index (κ3) is 3.28. The third-order valence-electron chi connectivity index (χ3n) is 4.01. The highest BCUT2D eigenvalue weighted by Gasteiger charge is 2.30. The first kappa shape index (κ1) is 18.1. The number of rotatable bonds is 4. The monoisotopic (exact) mass is 324 g/mol. The van der Waals surface area contributed by atoms with Gasteiger partial charge < -0.3 is 11.1 Å². The maximum Gasteiger partial charge on any atom is 0.272 e. The number of nitrogens with two attached hydrogens (primary N) is 1. The van der Waals surface area contributed by atoms with Gasteiger partial charge in [-0.25, -0.2) is 5.10 Å². The van der Waals surface area contributed by atoms with Gasteiger partial charge in [0, 0.05) is 11.9 Å². The van der Waals surface area contributed by atoms with Crippen molar-refractivity contribution in [3.8, 4) is 0 Å². The Bertz CT molecular complexity index is 729. The quantitative estimate of drug-likeness (QED) is 0.792. The molecule has 1 heterocycles. The lowest BCUT2D eigenvalue weighted by Gasteiger charge is -2.33. The smallest absolute Gasteiger partial charge is 0.272 e. The van der Waals surface area contributed by atoms with Crippen molar-refractivity contribution in [2.75, 3.05) is 6.54 Å². The number of aromatic amines is 1. The van der Waals surface area contributed by atoms with Gasteiger partial charge in [0.05, 0.1) is 10.9 Å². The molecule has 1 aromatic heterocycles. The Morgan fingerprint density at radius 2 is 1.95 bits per heavy atom. The van der Waals surface area contributed by atoms with Crippen LogP contribution >= 0.6 is 12.4 Å². The Balaban J connectivity index is 0.00000242. The second kappa shape index (κ2) is 6.89. The van der Waals surface area contributed by atoms with Crippen LogP contribution in [0.25, 0.3) is 10.8 Å². The van der Waals surface area contributed by atoms with Crippen LogP contribution in [0.3, 0.4) is 0 Å². The van der Waals surface area contributed by atoms with E-state index in [1.807, 2.05) is 20.8 Å². The minimum atomic E-state index is -0.532. The molecule has 0 fully saturated rings. The fourth-order valence-electron chi connectivity index (χ4n) is 2.04. The van der Waals surface area contributed by atoms with Crippen molar-refractivity contribution >= 4 is 29.1 Å². The molecule has 0 radical (unpaired) electrons. The molecular weight excluding hydrogens is 304 g/mol. The standard InChI is InChI=1S/C15H20N4O2.ClH/c1-9(2)15(3,8-16)17-14(21)12-10-6-4-5-7-11(10)13(20)19-18-12;/h4-7,9H,8,16H2,1-3H3,(H,17,21)(H,19,20);1H. The van der Waals surface area contributed by atoms with Crippen LogP contribution in [0, 0.1) is 5.92 Å². The van der Waals surface area contributed by atoms with E-state index in [0.717, 1.165) is 0 Å². The van der Waals surface area contributed by atoms with Gasteiger partial charge in [-0.1, -0.05) is 32.0 Å². The first-order chi connectivity index (χ1) is 9.89. The molecule has 2 aromatic rings. The SMILES string of the molecule is CC(C)C(C)(CN)NC(=O)c1n[nH]c(=O)c2ccccc12.Cl. The van der Waals surface area contributed by atoms with E-state index in [0.29, 0.717) is 17.3 Å². The van der Waals surface area contributed by atoms with Crippen LogP contribution in [0.2, 0.25) is 0 Å². The molecule has 7 heteroatoms. The van der Waals surface area contributed by atoms with Gasteiger partial charge >= 0.3 is 0 Å². The number of hydrogen-bond donors (Lipinski definition) is 3. The van der Waals surface area contributed by atoms with E-state index in [2.05, 4.69) is 15.5 Å². The van der Waals surface area contributed by atoms with Crippen LogP contribution in [0.15, 0.2) is 29.1 Å². The molecule has 2 rings (SSSR count). The Kier molecular flexibility index (Phi) is 5.68. The first-order valence-corrected chi connectivity index (χ1v) is 6.89. The predicted octanol–water partition coefficient (Wildman–Crippen LogP) is 1.45. The number of hydrogen-bond acceptors (Lipinski definition) is 4. The number of H-pyrrole nitrogens is 1. The number of carbonyl (C=O) groups is 1. The van der Waals surface area contributed by atoms with E-state index in [-0.39, 0.29) is 35.5 Å². The molecule has 0 aliphatic rings. The molecule has 22 heavy (non-hydrogen) atoms. The maximum absolute atomic E-state index is 12.5. The molecule has 0 aliphatic carbocycles. The molecule has 1 atom stereocenters. The van der Waals surface area contributed by atoms with Crippen LogP contribution in [0.1, 0.15) is 31.3 Å². The fourth-order valence-corrected chi connectivity index (χ4v) is 2.04. The number of amides is 1. The zero-order chi connectivity index (χ0) is 15.6. The highest BCUT2D eigenvalue weighted by Crippen LogP contribution is 2.17. The molecule has 4 N–H and O–H groups in total. The third-order valence-corrected chi connectivity index (χ3v) is 4.01. The van der Waals surface area contributed by atoms with E-state index >= 15 is 0 Å². The van der Waals surface area contributed by atoms with Gasteiger partial charge in [0.15, 0.2) is 5.69 Å². The summed E-state index contributed by atoms with van der Waals surface area (Å²) in [5.41, 5.74) is 5.13. The summed E-state index contributed by atoms with van der Waals surface area (Å²) in [6, 6.07) is 6.89. The Morgan fingerprint density at radius 3 is 2.50 bits per heavy atom. The van der Waals surface area contributed by atoms with Crippen molar-refractivity contribution in [1.29, 1.82) is 0 Å². The van der Waals surface area contributed by atoms with Crippen molar-refractivity contribution in [1.82, 2.24) is 15.5 Å². The van der Waals surface area contributed by atoms with E-state index in [9.17, 15) is 9.59 Å². The van der Waals surface area contributed by atoms with E-state index in [1.54, 1.807) is 24.3 Å². The van der Waals surface area contributed by atoms with Gasteiger partial charge in [-0.15, -0.1) is 12.4 Å². The average molecular weight is 325 g/mol. The lowest BCUT2D eigenvalue weighted by Crippen LogP contribution is -2.55. The molecule has 0 aliphatic heterocycles. The molecule has 0 spiro atoms. The summed E-state index contributed by atoms with van der Waals surface area (Å²) in [6.45, 7) is 6.19. The number of halogens is 1. The number of nitrogens with zero attached hydrogens (tertiary/aromatic N) is 1.